The maximum Gasteiger partial charge on any atom is 0.277 e. The summed E-state index contributed by atoms with van der Waals surface area (Å²) in [4.78, 5) is 0. The number of aliphatic hydroxyl groups excluding tert-OH is 1. The van der Waals surface area contributed by atoms with Crippen LogP contribution >= 0.6 is 0 Å². The number of ether oxygens (including phenoxy) is 2. The molecule has 15 heavy (non-hydrogen) atoms. The summed E-state index contributed by atoms with van der Waals surface area (Å²) in [6.07, 6.45) is 0.683. The van der Waals surface area contributed by atoms with Crippen molar-refractivity contribution in [1.82, 2.24) is 0 Å². The van der Waals surface area contributed by atoms with Crippen LogP contribution in [0.4, 0.5) is 0 Å². The van der Waals surface area contributed by atoms with E-state index in [0.717, 1.165) is 6.42 Å². The zero-order valence-electron chi connectivity index (χ0n) is 9.92. The van der Waals surface area contributed by atoms with Crippen LogP contribution in [0.15, 0.2) is 0 Å². The maximum absolute atomic E-state index is 9.31. The molecule has 90 valence electrons. The second-order valence-electron chi connectivity index (χ2n) is 5.18. The molecule has 1 aliphatic heterocycles. The molecule has 4 N–H and O–H groups in total. The summed E-state index contributed by atoms with van der Waals surface area (Å²) in [7, 11) is 0. The lowest BCUT2D eigenvalue weighted by Crippen LogP contribution is -2.51. The van der Waals surface area contributed by atoms with E-state index in [1.54, 1.807) is 0 Å². The van der Waals surface area contributed by atoms with Gasteiger partial charge in [0.1, 0.15) is 5.41 Å². The third-order valence-electron chi connectivity index (χ3n) is 3.35. The summed E-state index contributed by atoms with van der Waals surface area (Å²) < 4.78 is 10.1. The summed E-state index contributed by atoms with van der Waals surface area (Å²) >= 11 is 0. The molecule has 4 nitrogen and oxygen atoms in total. The van der Waals surface area contributed by atoms with Crippen LogP contribution in [0.25, 0.3) is 0 Å². The molecule has 1 saturated heterocycles. The maximum atomic E-state index is 9.31. The van der Waals surface area contributed by atoms with Crippen LogP contribution in [-0.2, 0) is 4.74 Å². The van der Waals surface area contributed by atoms with Gasteiger partial charge in [-0.2, -0.15) is 0 Å². The molecule has 1 fully saturated rings. The third kappa shape index (κ3) is 2.69. The zero-order chi connectivity index (χ0) is 11.5. The first-order valence-electron chi connectivity index (χ1n) is 5.53. The molecule has 0 bridgehead atoms. The largest absolute Gasteiger partial charge is 0.445 e. The lowest BCUT2D eigenvalue weighted by molar-refractivity contribution is -0.352. The highest BCUT2D eigenvalue weighted by atomic mass is 16.7. The van der Waals surface area contributed by atoms with Gasteiger partial charge in [0.15, 0.2) is 13.2 Å². The van der Waals surface area contributed by atoms with Crippen LogP contribution in [0.3, 0.4) is 0 Å². The lowest BCUT2D eigenvalue weighted by Gasteiger charge is -2.38. The number of rotatable bonds is 4. The molecule has 2 unspecified atom stereocenters. The van der Waals surface area contributed by atoms with E-state index in [9.17, 15) is 5.11 Å². The minimum Gasteiger partial charge on any atom is -0.445 e. The first-order valence-corrected chi connectivity index (χ1v) is 5.53. The van der Waals surface area contributed by atoms with Crippen LogP contribution in [0.2, 0.25) is 0 Å². The molecule has 0 aromatic carbocycles. The van der Waals surface area contributed by atoms with Crippen LogP contribution in [0, 0.1) is 10.8 Å². The average Bonchev–Trinajstić information content (AvgIpc) is 2.29. The normalized spacial score (nSPS) is 33.0. The van der Waals surface area contributed by atoms with Crippen molar-refractivity contribution in [3.05, 3.63) is 0 Å². The van der Waals surface area contributed by atoms with Gasteiger partial charge in [0, 0.05) is 0 Å². The van der Waals surface area contributed by atoms with Gasteiger partial charge >= 0.3 is 0 Å². The van der Waals surface area contributed by atoms with Crippen molar-refractivity contribution in [3.63, 3.8) is 0 Å². The van der Waals surface area contributed by atoms with Crippen molar-refractivity contribution in [2.24, 2.45) is 10.8 Å². The Morgan fingerprint density at radius 1 is 1.60 bits per heavy atom. The van der Waals surface area contributed by atoms with Gasteiger partial charge in [-0.3, -0.25) is 0 Å². The van der Waals surface area contributed by atoms with Crippen LogP contribution in [-0.4, -0.2) is 47.7 Å². The van der Waals surface area contributed by atoms with E-state index in [-0.39, 0.29) is 23.7 Å². The van der Waals surface area contributed by atoms with E-state index < -0.39 is 0 Å². The average molecular weight is 220 g/mol. The molecule has 1 aliphatic rings. The van der Waals surface area contributed by atoms with Crippen molar-refractivity contribution in [3.8, 4) is 0 Å². The van der Waals surface area contributed by atoms with Crippen molar-refractivity contribution in [2.45, 2.75) is 33.5 Å². The number of hydrogen-bond acceptors (Lipinski definition) is 2. The van der Waals surface area contributed by atoms with Crippen molar-refractivity contribution < 1.29 is 19.7 Å². The Hall–Kier alpha value is -0.160. The monoisotopic (exact) mass is 220 g/mol. The Balaban J connectivity index is 2.55. The fraction of sp³-hybridized carbons (Fsp3) is 1.00. The van der Waals surface area contributed by atoms with Crippen LogP contribution in [0.1, 0.15) is 27.2 Å². The van der Waals surface area contributed by atoms with E-state index in [2.05, 4.69) is 4.74 Å². The molecule has 0 radical (unpaired) electrons. The quantitative estimate of drug-likeness (QED) is 0.678. The minimum atomic E-state index is -0.227. The minimum absolute atomic E-state index is 0.126. The molecule has 4 heteroatoms. The highest BCUT2D eigenvalue weighted by molar-refractivity contribution is 4.82. The fourth-order valence-electron chi connectivity index (χ4n) is 1.61. The molecule has 0 aromatic heterocycles. The summed E-state index contributed by atoms with van der Waals surface area (Å²) in [6, 6.07) is 0. The molecule has 0 aromatic rings. The highest BCUT2D eigenvalue weighted by Gasteiger charge is 2.46. The van der Waals surface area contributed by atoms with E-state index in [0.29, 0.717) is 19.8 Å². The lowest BCUT2D eigenvalue weighted by atomic mass is 9.86. The van der Waals surface area contributed by atoms with Crippen molar-refractivity contribution in [1.29, 1.82) is 0 Å². The Morgan fingerprint density at radius 3 is 2.60 bits per heavy atom. The second-order valence-corrected chi connectivity index (χ2v) is 5.18. The van der Waals surface area contributed by atoms with Gasteiger partial charge < -0.3 is 19.7 Å². The van der Waals surface area contributed by atoms with Crippen LogP contribution in [0.5, 0.6) is 0 Å². The third-order valence-corrected chi connectivity index (χ3v) is 3.35. The first kappa shape index (κ1) is 12.9. The SMILES string of the molecule is CCC1(CO)COC(C(C)(C)C[OH2+])[OH+]C1. The number of aliphatic hydroxyl groups is 3. The van der Waals surface area contributed by atoms with E-state index in [4.69, 9.17) is 9.84 Å². The Bertz CT molecular complexity index is 189. The Labute approximate surface area is 91.2 Å². The van der Waals surface area contributed by atoms with Gasteiger partial charge in [-0.1, -0.05) is 6.92 Å². The van der Waals surface area contributed by atoms with Gasteiger partial charge in [-0.05, 0) is 20.3 Å². The van der Waals surface area contributed by atoms with Gasteiger partial charge in [0.25, 0.3) is 6.29 Å². The van der Waals surface area contributed by atoms with E-state index in [1.807, 2.05) is 20.8 Å². The molecule has 0 spiro atoms. The molecule has 2 atom stereocenters. The topological polar surface area (TPSA) is 65.2 Å². The molecular formula is C11H24O4+2. The smallest absolute Gasteiger partial charge is 0.277 e. The predicted octanol–water partition coefficient (Wildman–Crippen LogP) is 0.0102. The van der Waals surface area contributed by atoms with E-state index >= 15 is 0 Å². The van der Waals surface area contributed by atoms with Gasteiger partial charge in [0.2, 0.25) is 0 Å². The second kappa shape index (κ2) is 4.78. The summed E-state index contributed by atoms with van der Waals surface area (Å²) in [5.41, 5.74) is -0.413. The summed E-state index contributed by atoms with van der Waals surface area (Å²) in [5.74, 6) is 0. The fourth-order valence-corrected chi connectivity index (χ4v) is 1.61. The Morgan fingerprint density at radius 2 is 2.27 bits per heavy atom. The summed E-state index contributed by atoms with van der Waals surface area (Å²) in [6.45, 7) is 7.66. The molecule has 1 heterocycles. The molecule has 0 aliphatic carbocycles. The van der Waals surface area contributed by atoms with E-state index in [1.165, 1.54) is 0 Å². The van der Waals surface area contributed by atoms with Gasteiger partial charge in [-0.15, -0.1) is 0 Å². The standard InChI is InChI=1S/C11H22O4/c1-4-11(6-13)7-14-9(15-8-11)10(2,3)5-12/h9,12-13H,4-8H2,1-3H3/p+2. The van der Waals surface area contributed by atoms with Crippen LogP contribution < -0.4 is 0 Å². The number of hydrogen-bond donors (Lipinski definition) is 1. The van der Waals surface area contributed by atoms with Gasteiger partial charge in [0.05, 0.1) is 18.6 Å². The first-order chi connectivity index (χ1) is 6.99. The zero-order valence-corrected chi connectivity index (χ0v) is 9.92. The molecule has 0 saturated carbocycles. The summed E-state index contributed by atoms with van der Waals surface area (Å²) in [5, 5.41) is 16.8. The van der Waals surface area contributed by atoms with Crippen molar-refractivity contribution >= 4 is 0 Å². The molecule has 1 rings (SSSR count). The highest BCUT2D eigenvalue weighted by Crippen LogP contribution is 2.32. The van der Waals surface area contributed by atoms with Gasteiger partial charge in [-0.25, -0.2) is 0 Å². The predicted molar refractivity (Wildman–Crippen MR) is 58.9 cm³/mol. The molecule has 0 amide bonds. The molecular weight excluding hydrogens is 196 g/mol. The van der Waals surface area contributed by atoms with Crippen molar-refractivity contribution in [2.75, 3.05) is 26.4 Å². The Kier molecular flexibility index (Phi) is 4.12.